The van der Waals surface area contributed by atoms with Gasteiger partial charge in [0.1, 0.15) is 11.4 Å². The molecule has 6 nitrogen and oxygen atoms in total. The van der Waals surface area contributed by atoms with Crippen molar-refractivity contribution in [3.63, 3.8) is 0 Å². The smallest absolute Gasteiger partial charge is 0.410 e. The minimum atomic E-state index is -2.93. The monoisotopic (exact) mass is 424 g/mol. The summed E-state index contributed by atoms with van der Waals surface area (Å²) in [5, 5.41) is 2.79. The SMILES string of the molecule is CC(C)(C)OC(=O)N1CCCC(CCNC(=O)C=Cc2ccccc2OC(F)F)C1. The maximum Gasteiger partial charge on any atom is 0.410 e. The molecule has 1 aromatic carbocycles. The predicted molar refractivity (Wildman–Crippen MR) is 110 cm³/mol. The molecule has 0 radical (unpaired) electrons. The first-order chi connectivity index (χ1) is 14.1. The van der Waals surface area contributed by atoms with Crippen LogP contribution in [-0.2, 0) is 9.53 Å². The topological polar surface area (TPSA) is 67.9 Å². The van der Waals surface area contributed by atoms with Crippen LogP contribution in [0.15, 0.2) is 30.3 Å². The van der Waals surface area contributed by atoms with Crippen LogP contribution in [0.2, 0.25) is 0 Å². The third-order valence-electron chi connectivity index (χ3n) is 4.57. The Labute approximate surface area is 176 Å². The number of hydrogen-bond acceptors (Lipinski definition) is 4. The lowest BCUT2D eigenvalue weighted by Crippen LogP contribution is -2.43. The Hall–Kier alpha value is -2.64. The minimum absolute atomic E-state index is 0.0148. The van der Waals surface area contributed by atoms with Crippen LogP contribution in [0.3, 0.4) is 0 Å². The lowest BCUT2D eigenvalue weighted by atomic mass is 9.95. The van der Waals surface area contributed by atoms with Gasteiger partial charge in [-0.1, -0.05) is 18.2 Å². The first-order valence-corrected chi connectivity index (χ1v) is 10.1. The molecule has 1 atom stereocenters. The standard InChI is InChI=1S/C22H30F2N2O4/c1-22(2,3)30-21(28)26-14-6-7-16(15-26)12-13-25-19(27)11-10-17-8-4-5-9-18(17)29-20(23)24/h4-5,8-11,16,20H,6-7,12-15H2,1-3H3,(H,25,27). The van der Waals surface area contributed by atoms with E-state index in [-0.39, 0.29) is 23.7 Å². The molecule has 1 N–H and O–H groups in total. The van der Waals surface area contributed by atoms with Crippen molar-refractivity contribution >= 4 is 18.1 Å². The molecule has 0 bridgehead atoms. The maximum absolute atomic E-state index is 12.4. The highest BCUT2D eigenvalue weighted by atomic mass is 19.3. The Morgan fingerprint density at radius 1 is 1.30 bits per heavy atom. The first-order valence-electron chi connectivity index (χ1n) is 10.1. The molecule has 30 heavy (non-hydrogen) atoms. The second-order valence-electron chi connectivity index (χ2n) is 8.26. The molecular formula is C22H30F2N2O4. The first kappa shape index (κ1) is 23.6. The molecule has 0 aliphatic carbocycles. The molecule has 2 amide bonds. The van der Waals surface area contributed by atoms with Gasteiger partial charge in [-0.2, -0.15) is 8.78 Å². The van der Waals surface area contributed by atoms with Crippen molar-refractivity contribution in [1.29, 1.82) is 0 Å². The summed E-state index contributed by atoms with van der Waals surface area (Å²) in [7, 11) is 0. The van der Waals surface area contributed by atoms with Gasteiger partial charge in [0.25, 0.3) is 0 Å². The molecular weight excluding hydrogens is 394 g/mol. The summed E-state index contributed by atoms with van der Waals surface area (Å²) in [5.74, 6) is -0.0154. The summed E-state index contributed by atoms with van der Waals surface area (Å²) in [6, 6.07) is 6.27. The number of carbonyl (C=O) groups is 2. The molecule has 1 heterocycles. The van der Waals surface area contributed by atoms with Crippen molar-refractivity contribution in [2.45, 2.75) is 52.2 Å². The van der Waals surface area contributed by atoms with Crippen molar-refractivity contribution in [1.82, 2.24) is 10.2 Å². The van der Waals surface area contributed by atoms with Gasteiger partial charge in [-0.25, -0.2) is 4.79 Å². The Balaban J connectivity index is 1.78. The van der Waals surface area contributed by atoms with Gasteiger partial charge >= 0.3 is 12.7 Å². The van der Waals surface area contributed by atoms with Crippen molar-refractivity contribution < 1.29 is 27.8 Å². The molecule has 0 spiro atoms. The Morgan fingerprint density at radius 3 is 2.73 bits per heavy atom. The number of carbonyl (C=O) groups excluding carboxylic acids is 2. The minimum Gasteiger partial charge on any atom is -0.444 e. The number of nitrogens with one attached hydrogen (secondary N) is 1. The van der Waals surface area contributed by atoms with Crippen LogP contribution in [0, 0.1) is 5.92 Å². The number of nitrogens with zero attached hydrogens (tertiary/aromatic N) is 1. The number of alkyl halides is 2. The molecule has 166 valence electrons. The number of para-hydroxylation sites is 1. The zero-order valence-corrected chi connectivity index (χ0v) is 17.7. The molecule has 2 rings (SSSR count). The van der Waals surface area contributed by atoms with Crippen LogP contribution < -0.4 is 10.1 Å². The van der Waals surface area contributed by atoms with Crippen LogP contribution in [-0.4, -0.2) is 48.7 Å². The average molecular weight is 424 g/mol. The van der Waals surface area contributed by atoms with E-state index in [1.165, 1.54) is 18.2 Å². The molecule has 0 saturated carbocycles. The lowest BCUT2D eigenvalue weighted by molar-refractivity contribution is -0.116. The predicted octanol–water partition coefficient (Wildman–Crippen LogP) is 4.45. The van der Waals surface area contributed by atoms with Crippen LogP contribution in [0.5, 0.6) is 5.75 Å². The van der Waals surface area contributed by atoms with Crippen molar-refractivity contribution in [2.24, 2.45) is 5.92 Å². The van der Waals surface area contributed by atoms with Crippen molar-refractivity contribution in [3.8, 4) is 5.75 Å². The Kier molecular flexibility index (Phi) is 8.62. The molecule has 1 aliphatic rings. The average Bonchev–Trinajstić information content (AvgIpc) is 2.66. The van der Waals surface area contributed by atoms with E-state index < -0.39 is 12.2 Å². The molecule has 1 aliphatic heterocycles. The van der Waals surface area contributed by atoms with Crippen LogP contribution in [0.4, 0.5) is 13.6 Å². The highest BCUT2D eigenvalue weighted by Gasteiger charge is 2.27. The third kappa shape index (κ3) is 8.39. The van der Waals surface area contributed by atoms with Crippen LogP contribution in [0.1, 0.15) is 45.6 Å². The molecule has 0 aromatic heterocycles. The van der Waals surface area contributed by atoms with E-state index in [1.807, 2.05) is 20.8 Å². The molecule has 1 saturated heterocycles. The summed E-state index contributed by atoms with van der Waals surface area (Å²) in [4.78, 5) is 26.0. The lowest BCUT2D eigenvalue weighted by Gasteiger charge is -2.34. The largest absolute Gasteiger partial charge is 0.444 e. The van der Waals surface area contributed by atoms with E-state index in [1.54, 1.807) is 23.1 Å². The van der Waals surface area contributed by atoms with E-state index in [2.05, 4.69) is 10.1 Å². The summed E-state index contributed by atoms with van der Waals surface area (Å²) >= 11 is 0. The number of rotatable bonds is 7. The van der Waals surface area contributed by atoms with Gasteiger partial charge in [0.05, 0.1) is 0 Å². The zero-order chi connectivity index (χ0) is 22.1. The fourth-order valence-electron chi connectivity index (χ4n) is 3.24. The van der Waals surface area contributed by atoms with Crippen LogP contribution >= 0.6 is 0 Å². The third-order valence-corrected chi connectivity index (χ3v) is 4.57. The number of hydrogen-bond donors (Lipinski definition) is 1. The van der Waals surface area contributed by atoms with E-state index in [0.29, 0.717) is 25.2 Å². The Morgan fingerprint density at radius 2 is 2.03 bits per heavy atom. The zero-order valence-electron chi connectivity index (χ0n) is 17.7. The second kappa shape index (κ2) is 10.9. The number of amides is 2. The quantitative estimate of drug-likeness (QED) is 0.657. The summed E-state index contributed by atoms with van der Waals surface area (Å²) < 4.78 is 34.8. The fraction of sp³-hybridized carbons (Fsp3) is 0.545. The molecule has 1 aromatic rings. The molecule has 1 fully saturated rings. The van der Waals surface area contributed by atoms with E-state index in [4.69, 9.17) is 4.74 Å². The molecule has 1 unspecified atom stereocenters. The van der Waals surface area contributed by atoms with E-state index >= 15 is 0 Å². The van der Waals surface area contributed by atoms with E-state index in [9.17, 15) is 18.4 Å². The van der Waals surface area contributed by atoms with Gasteiger partial charge < -0.3 is 19.7 Å². The second-order valence-corrected chi connectivity index (χ2v) is 8.26. The summed E-state index contributed by atoms with van der Waals surface area (Å²) in [5.41, 5.74) is -0.128. The summed E-state index contributed by atoms with van der Waals surface area (Å²) in [6.45, 7) is 4.35. The molecule has 8 heteroatoms. The number of piperidine rings is 1. The van der Waals surface area contributed by atoms with Crippen molar-refractivity contribution in [2.75, 3.05) is 19.6 Å². The van der Waals surface area contributed by atoms with Crippen LogP contribution in [0.25, 0.3) is 6.08 Å². The van der Waals surface area contributed by atoms with Gasteiger partial charge in [0, 0.05) is 31.3 Å². The number of ether oxygens (including phenoxy) is 2. The van der Waals surface area contributed by atoms with Gasteiger partial charge in [0.15, 0.2) is 0 Å². The highest BCUT2D eigenvalue weighted by Crippen LogP contribution is 2.22. The highest BCUT2D eigenvalue weighted by molar-refractivity contribution is 5.92. The fourth-order valence-corrected chi connectivity index (χ4v) is 3.24. The van der Waals surface area contributed by atoms with Gasteiger partial charge in [-0.15, -0.1) is 0 Å². The van der Waals surface area contributed by atoms with Gasteiger partial charge in [-0.05, 0) is 58.1 Å². The van der Waals surface area contributed by atoms with E-state index in [0.717, 1.165) is 19.3 Å². The number of halogens is 2. The van der Waals surface area contributed by atoms with Gasteiger partial charge in [0.2, 0.25) is 5.91 Å². The van der Waals surface area contributed by atoms with Gasteiger partial charge in [-0.3, -0.25) is 4.79 Å². The number of likely N-dealkylation sites (tertiary alicyclic amines) is 1. The maximum atomic E-state index is 12.4. The normalized spacial score (nSPS) is 17.3. The Bertz CT molecular complexity index is 747. The summed E-state index contributed by atoms with van der Waals surface area (Å²) in [6.07, 6.45) is 5.06. The number of benzene rings is 1. The van der Waals surface area contributed by atoms with Crippen molar-refractivity contribution in [3.05, 3.63) is 35.9 Å².